The zero-order chi connectivity index (χ0) is 12.8. The second kappa shape index (κ2) is 6.50. The maximum atomic E-state index is 8.80. The summed E-state index contributed by atoms with van der Waals surface area (Å²) in [4.78, 5) is 0. The molecule has 1 unspecified atom stereocenters. The van der Waals surface area contributed by atoms with Crippen LogP contribution in [0.3, 0.4) is 0 Å². The average Bonchev–Trinajstić information content (AvgIpc) is 2.43. The van der Waals surface area contributed by atoms with Crippen molar-refractivity contribution in [3.05, 3.63) is 48.0 Å². The fourth-order valence-electron chi connectivity index (χ4n) is 1.98. The van der Waals surface area contributed by atoms with Crippen LogP contribution in [0.15, 0.2) is 42.5 Å². The third-order valence-electron chi connectivity index (χ3n) is 3.05. The highest BCUT2D eigenvalue weighted by Gasteiger charge is 1.99. The highest BCUT2D eigenvalue weighted by Crippen LogP contribution is 2.15. The summed E-state index contributed by atoms with van der Waals surface area (Å²) in [6, 6.07) is 14.8. The lowest BCUT2D eigenvalue weighted by molar-refractivity contribution is 0.262. The van der Waals surface area contributed by atoms with Crippen LogP contribution in [0.4, 0.5) is 0 Å². The Balaban J connectivity index is 1.88. The van der Waals surface area contributed by atoms with Crippen LogP contribution in [0, 0.1) is 0 Å². The lowest BCUT2D eigenvalue weighted by Crippen LogP contribution is -2.37. The molecule has 0 aromatic heterocycles. The number of hydrogen-bond donors (Lipinski definition) is 3. The molecule has 2 aromatic rings. The standard InChI is InChI=1S/C15H20N2O/c16-15(11-18)10-17-8-7-12-5-6-13-3-1-2-4-14(13)9-12/h1-6,9,15,17-18H,7-8,10-11,16H2. The van der Waals surface area contributed by atoms with Crippen molar-refractivity contribution in [1.82, 2.24) is 5.32 Å². The van der Waals surface area contributed by atoms with Gasteiger partial charge in [0.15, 0.2) is 0 Å². The second-order valence-corrected chi connectivity index (χ2v) is 4.58. The van der Waals surface area contributed by atoms with Gasteiger partial charge < -0.3 is 16.2 Å². The van der Waals surface area contributed by atoms with E-state index in [0.29, 0.717) is 6.54 Å². The van der Waals surface area contributed by atoms with Crippen molar-refractivity contribution in [2.45, 2.75) is 12.5 Å². The van der Waals surface area contributed by atoms with Crippen LogP contribution in [0.2, 0.25) is 0 Å². The van der Waals surface area contributed by atoms with Crippen LogP contribution >= 0.6 is 0 Å². The van der Waals surface area contributed by atoms with Crippen molar-refractivity contribution in [3.63, 3.8) is 0 Å². The molecule has 3 nitrogen and oxygen atoms in total. The van der Waals surface area contributed by atoms with E-state index in [0.717, 1.165) is 13.0 Å². The Morgan fingerprint density at radius 3 is 2.67 bits per heavy atom. The number of fused-ring (bicyclic) bond motifs is 1. The zero-order valence-electron chi connectivity index (χ0n) is 10.5. The van der Waals surface area contributed by atoms with Crippen molar-refractivity contribution in [2.24, 2.45) is 5.73 Å². The molecule has 0 saturated heterocycles. The van der Waals surface area contributed by atoms with Crippen LogP contribution in [0.1, 0.15) is 5.56 Å². The molecule has 0 heterocycles. The van der Waals surface area contributed by atoms with Crippen molar-refractivity contribution in [3.8, 4) is 0 Å². The summed E-state index contributed by atoms with van der Waals surface area (Å²) >= 11 is 0. The minimum atomic E-state index is -0.165. The van der Waals surface area contributed by atoms with E-state index in [2.05, 4.69) is 47.8 Å². The molecule has 2 aromatic carbocycles. The van der Waals surface area contributed by atoms with E-state index < -0.39 is 0 Å². The van der Waals surface area contributed by atoms with Gasteiger partial charge in [-0.05, 0) is 29.3 Å². The lowest BCUT2D eigenvalue weighted by atomic mass is 10.1. The largest absolute Gasteiger partial charge is 0.395 e. The molecular weight excluding hydrogens is 224 g/mol. The van der Waals surface area contributed by atoms with Gasteiger partial charge in [-0.2, -0.15) is 0 Å². The third-order valence-corrected chi connectivity index (χ3v) is 3.05. The van der Waals surface area contributed by atoms with Gasteiger partial charge >= 0.3 is 0 Å². The van der Waals surface area contributed by atoms with Gasteiger partial charge in [-0.15, -0.1) is 0 Å². The van der Waals surface area contributed by atoms with E-state index in [-0.39, 0.29) is 12.6 Å². The van der Waals surface area contributed by atoms with E-state index in [1.54, 1.807) is 0 Å². The van der Waals surface area contributed by atoms with Crippen LogP contribution < -0.4 is 11.1 Å². The SMILES string of the molecule is NC(CO)CNCCc1ccc2ccccc2c1. The number of rotatable bonds is 6. The van der Waals surface area contributed by atoms with Gasteiger partial charge in [0.25, 0.3) is 0 Å². The summed E-state index contributed by atoms with van der Waals surface area (Å²) in [5, 5.41) is 14.6. The fraction of sp³-hybridized carbons (Fsp3) is 0.333. The molecule has 0 aliphatic carbocycles. The Bertz CT molecular complexity index is 499. The smallest absolute Gasteiger partial charge is 0.0594 e. The molecule has 0 spiro atoms. The lowest BCUT2D eigenvalue weighted by Gasteiger charge is -2.09. The minimum absolute atomic E-state index is 0.0307. The van der Waals surface area contributed by atoms with Crippen LogP contribution in [-0.4, -0.2) is 30.8 Å². The van der Waals surface area contributed by atoms with Gasteiger partial charge in [0.05, 0.1) is 6.61 Å². The first-order chi connectivity index (χ1) is 8.79. The summed E-state index contributed by atoms with van der Waals surface area (Å²) in [6.07, 6.45) is 0.975. The minimum Gasteiger partial charge on any atom is -0.395 e. The van der Waals surface area contributed by atoms with Gasteiger partial charge in [-0.25, -0.2) is 0 Å². The van der Waals surface area contributed by atoms with E-state index in [1.165, 1.54) is 16.3 Å². The monoisotopic (exact) mass is 244 g/mol. The molecule has 0 aliphatic rings. The molecule has 96 valence electrons. The predicted octanol–water partition coefficient (Wildman–Crippen LogP) is 1.29. The third kappa shape index (κ3) is 3.53. The first-order valence-electron chi connectivity index (χ1n) is 6.34. The summed E-state index contributed by atoms with van der Waals surface area (Å²) in [7, 11) is 0. The number of benzene rings is 2. The summed E-state index contributed by atoms with van der Waals surface area (Å²) in [6.45, 7) is 1.57. The van der Waals surface area contributed by atoms with E-state index >= 15 is 0 Å². The predicted molar refractivity (Wildman–Crippen MR) is 75.6 cm³/mol. The molecule has 1 atom stereocenters. The van der Waals surface area contributed by atoms with E-state index in [4.69, 9.17) is 10.8 Å². The maximum Gasteiger partial charge on any atom is 0.0594 e. The van der Waals surface area contributed by atoms with Gasteiger partial charge in [-0.3, -0.25) is 0 Å². The molecule has 0 aliphatic heterocycles. The molecule has 0 fully saturated rings. The van der Waals surface area contributed by atoms with Crippen LogP contribution in [0.5, 0.6) is 0 Å². The number of aliphatic hydroxyl groups excluding tert-OH is 1. The highest BCUT2D eigenvalue weighted by atomic mass is 16.3. The first-order valence-corrected chi connectivity index (χ1v) is 6.34. The van der Waals surface area contributed by atoms with Gasteiger partial charge in [0, 0.05) is 12.6 Å². The Morgan fingerprint density at radius 2 is 1.89 bits per heavy atom. The van der Waals surface area contributed by atoms with Gasteiger partial charge in [0.1, 0.15) is 0 Å². The van der Waals surface area contributed by atoms with E-state index in [1.807, 2.05) is 0 Å². The number of nitrogens with two attached hydrogens (primary N) is 1. The summed E-state index contributed by atoms with van der Waals surface area (Å²) < 4.78 is 0. The zero-order valence-corrected chi connectivity index (χ0v) is 10.5. The number of nitrogens with one attached hydrogen (secondary N) is 1. The van der Waals surface area contributed by atoms with Crippen LogP contribution in [0.25, 0.3) is 10.8 Å². The molecular formula is C15H20N2O. The fourth-order valence-corrected chi connectivity index (χ4v) is 1.98. The molecule has 2 rings (SSSR count). The Morgan fingerprint density at radius 1 is 1.11 bits per heavy atom. The van der Waals surface area contributed by atoms with Crippen LogP contribution in [-0.2, 0) is 6.42 Å². The molecule has 3 heteroatoms. The second-order valence-electron chi connectivity index (χ2n) is 4.58. The maximum absolute atomic E-state index is 8.80. The van der Waals surface area contributed by atoms with E-state index in [9.17, 15) is 0 Å². The summed E-state index contributed by atoms with van der Waals surface area (Å²) in [5.41, 5.74) is 6.93. The van der Waals surface area contributed by atoms with Crippen molar-refractivity contribution in [1.29, 1.82) is 0 Å². The average molecular weight is 244 g/mol. The normalized spacial score (nSPS) is 12.8. The molecule has 0 saturated carbocycles. The molecule has 18 heavy (non-hydrogen) atoms. The van der Waals surface area contributed by atoms with Gasteiger partial charge in [-0.1, -0.05) is 42.5 Å². The number of aliphatic hydroxyl groups is 1. The highest BCUT2D eigenvalue weighted by molar-refractivity contribution is 5.82. The quantitative estimate of drug-likeness (QED) is 0.671. The molecule has 0 bridgehead atoms. The Kier molecular flexibility index (Phi) is 4.70. The molecule has 0 radical (unpaired) electrons. The number of hydrogen-bond acceptors (Lipinski definition) is 3. The van der Waals surface area contributed by atoms with Crippen molar-refractivity contribution >= 4 is 10.8 Å². The topological polar surface area (TPSA) is 58.3 Å². The first kappa shape index (κ1) is 13.0. The Labute approximate surface area is 108 Å². The summed E-state index contributed by atoms with van der Waals surface area (Å²) in [5.74, 6) is 0. The van der Waals surface area contributed by atoms with Crippen molar-refractivity contribution < 1.29 is 5.11 Å². The van der Waals surface area contributed by atoms with Gasteiger partial charge in [0.2, 0.25) is 0 Å². The Hall–Kier alpha value is -1.42. The molecule has 0 amide bonds. The van der Waals surface area contributed by atoms with Crippen molar-refractivity contribution in [2.75, 3.05) is 19.7 Å². The molecule has 4 N–H and O–H groups in total.